The molecule has 1 saturated heterocycles. The number of ether oxygens (including phenoxy) is 1. The lowest BCUT2D eigenvalue weighted by Crippen LogP contribution is -2.42. The molecule has 1 amide bonds. The Kier molecular flexibility index (Phi) is 5.77. The van der Waals surface area contributed by atoms with Gasteiger partial charge in [0.15, 0.2) is 0 Å². The van der Waals surface area contributed by atoms with Crippen molar-refractivity contribution in [2.45, 2.75) is 51.7 Å². The highest BCUT2D eigenvalue weighted by atomic mass is 16.5. The number of aliphatic hydroxyl groups excluding tert-OH is 1. The molecule has 0 saturated carbocycles. The number of aliphatic hydroxyl groups is 1. The standard InChI is InChI=1S/C12H23NO3/c1-9(2)11(8-14)13-12(15)7-10-5-3-4-6-16-10/h9-11,14H,3-8H2,1-2H3,(H,13,15)/t10?,11-/m1/s1. The van der Waals surface area contributed by atoms with Gasteiger partial charge >= 0.3 is 0 Å². The van der Waals surface area contributed by atoms with Gasteiger partial charge in [-0.1, -0.05) is 13.8 Å². The van der Waals surface area contributed by atoms with Gasteiger partial charge in [0.25, 0.3) is 0 Å². The van der Waals surface area contributed by atoms with E-state index in [0.717, 1.165) is 25.9 Å². The molecule has 1 rings (SSSR count). The molecule has 4 heteroatoms. The second kappa shape index (κ2) is 6.86. The molecule has 0 aromatic carbocycles. The second-order valence-electron chi connectivity index (χ2n) is 4.79. The number of amides is 1. The van der Waals surface area contributed by atoms with Gasteiger partial charge in [-0.3, -0.25) is 4.79 Å². The summed E-state index contributed by atoms with van der Waals surface area (Å²) in [5.74, 6) is 0.237. The number of carbonyl (C=O) groups is 1. The smallest absolute Gasteiger partial charge is 0.222 e. The molecule has 1 aliphatic rings. The zero-order chi connectivity index (χ0) is 12.0. The van der Waals surface area contributed by atoms with Crippen molar-refractivity contribution in [3.8, 4) is 0 Å². The van der Waals surface area contributed by atoms with E-state index in [1.165, 1.54) is 0 Å². The van der Waals surface area contributed by atoms with Crippen LogP contribution in [0, 0.1) is 5.92 Å². The first-order valence-electron chi connectivity index (χ1n) is 6.15. The van der Waals surface area contributed by atoms with Crippen molar-refractivity contribution in [1.82, 2.24) is 5.32 Å². The van der Waals surface area contributed by atoms with Crippen LogP contribution in [0.3, 0.4) is 0 Å². The average molecular weight is 229 g/mol. The molecule has 1 fully saturated rings. The first-order valence-corrected chi connectivity index (χ1v) is 6.15. The van der Waals surface area contributed by atoms with Crippen molar-refractivity contribution >= 4 is 5.91 Å². The Bertz CT molecular complexity index is 212. The van der Waals surface area contributed by atoms with E-state index in [2.05, 4.69) is 5.32 Å². The maximum Gasteiger partial charge on any atom is 0.222 e. The van der Waals surface area contributed by atoms with Crippen molar-refractivity contribution in [2.75, 3.05) is 13.2 Å². The van der Waals surface area contributed by atoms with E-state index in [4.69, 9.17) is 9.84 Å². The summed E-state index contributed by atoms with van der Waals surface area (Å²) in [4.78, 5) is 11.7. The van der Waals surface area contributed by atoms with E-state index in [0.29, 0.717) is 6.42 Å². The molecule has 1 heterocycles. The van der Waals surface area contributed by atoms with Crippen molar-refractivity contribution in [2.24, 2.45) is 5.92 Å². The summed E-state index contributed by atoms with van der Waals surface area (Å²) in [6, 6.07) is -0.143. The predicted octanol–water partition coefficient (Wildman–Crippen LogP) is 1.08. The first kappa shape index (κ1) is 13.5. The molecule has 1 unspecified atom stereocenters. The molecule has 0 aromatic rings. The molecule has 4 nitrogen and oxygen atoms in total. The monoisotopic (exact) mass is 229 g/mol. The third kappa shape index (κ3) is 4.49. The Morgan fingerprint density at radius 1 is 1.50 bits per heavy atom. The molecule has 0 bridgehead atoms. The summed E-state index contributed by atoms with van der Waals surface area (Å²) in [6.07, 6.45) is 3.71. The maximum atomic E-state index is 11.7. The van der Waals surface area contributed by atoms with Gasteiger partial charge in [-0.2, -0.15) is 0 Å². The molecule has 0 aromatic heterocycles. The number of carbonyl (C=O) groups excluding carboxylic acids is 1. The van der Waals surface area contributed by atoms with Gasteiger partial charge in [0, 0.05) is 6.61 Å². The van der Waals surface area contributed by atoms with Gasteiger partial charge < -0.3 is 15.2 Å². The normalized spacial score (nSPS) is 23.1. The van der Waals surface area contributed by atoms with Crippen LogP contribution < -0.4 is 5.32 Å². The largest absolute Gasteiger partial charge is 0.394 e. The van der Waals surface area contributed by atoms with Crippen molar-refractivity contribution in [3.05, 3.63) is 0 Å². The fourth-order valence-corrected chi connectivity index (χ4v) is 1.86. The van der Waals surface area contributed by atoms with Crippen LogP contribution in [0.2, 0.25) is 0 Å². The predicted molar refractivity (Wildman–Crippen MR) is 62.1 cm³/mol. The summed E-state index contributed by atoms with van der Waals surface area (Å²) in [5, 5.41) is 11.9. The highest BCUT2D eigenvalue weighted by Crippen LogP contribution is 2.15. The number of rotatable bonds is 5. The molecule has 1 aliphatic heterocycles. The number of nitrogens with one attached hydrogen (secondary N) is 1. The number of hydrogen-bond acceptors (Lipinski definition) is 3. The summed E-state index contributed by atoms with van der Waals surface area (Å²) in [6.45, 7) is 4.73. The molecule has 94 valence electrons. The molecular weight excluding hydrogens is 206 g/mol. The van der Waals surface area contributed by atoms with Gasteiger partial charge in [-0.15, -0.1) is 0 Å². The minimum absolute atomic E-state index is 0.00503. The Hall–Kier alpha value is -0.610. The summed E-state index contributed by atoms with van der Waals surface area (Å²) >= 11 is 0. The Balaban J connectivity index is 2.28. The van der Waals surface area contributed by atoms with Crippen LogP contribution in [0.25, 0.3) is 0 Å². The van der Waals surface area contributed by atoms with Gasteiger partial charge in [0.05, 0.1) is 25.2 Å². The molecular formula is C12H23NO3. The minimum Gasteiger partial charge on any atom is -0.394 e. The van der Waals surface area contributed by atoms with Crippen LogP contribution in [0.5, 0.6) is 0 Å². The SMILES string of the molecule is CC(C)[C@@H](CO)NC(=O)CC1CCCCO1. The van der Waals surface area contributed by atoms with E-state index < -0.39 is 0 Å². The van der Waals surface area contributed by atoms with Crippen LogP contribution in [0.15, 0.2) is 0 Å². The van der Waals surface area contributed by atoms with Crippen molar-refractivity contribution in [1.29, 1.82) is 0 Å². The topological polar surface area (TPSA) is 58.6 Å². The van der Waals surface area contributed by atoms with Crippen LogP contribution >= 0.6 is 0 Å². The molecule has 0 radical (unpaired) electrons. The average Bonchev–Trinajstić information content (AvgIpc) is 2.27. The third-order valence-corrected chi connectivity index (χ3v) is 3.03. The molecule has 2 N–H and O–H groups in total. The molecule has 2 atom stereocenters. The fraction of sp³-hybridized carbons (Fsp3) is 0.917. The van der Waals surface area contributed by atoms with Crippen LogP contribution in [-0.4, -0.2) is 36.4 Å². The Labute approximate surface area is 97.4 Å². The van der Waals surface area contributed by atoms with Crippen LogP contribution in [0.1, 0.15) is 39.5 Å². The zero-order valence-corrected chi connectivity index (χ0v) is 10.2. The van der Waals surface area contributed by atoms with Crippen LogP contribution in [0.4, 0.5) is 0 Å². The molecule has 16 heavy (non-hydrogen) atoms. The lowest BCUT2D eigenvalue weighted by molar-refractivity contribution is -0.126. The number of hydrogen-bond donors (Lipinski definition) is 2. The fourth-order valence-electron chi connectivity index (χ4n) is 1.86. The maximum absolute atomic E-state index is 11.7. The summed E-state index contributed by atoms with van der Waals surface area (Å²) in [7, 11) is 0. The van der Waals surface area contributed by atoms with Crippen molar-refractivity contribution in [3.63, 3.8) is 0 Å². The Morgan fingerprint density at radius 2 is 2.25 bits per heavy atom. The minimum atomic E-state index is -0.143. The van der Waals surface area contributed by atoms with Crippen LogP contribution in [-0.2, 0) is 9.53 Å². The van der Waals surface area contributed by atoms with E-state index in [-0.39, 0.29) is 30.6 Å². The first-order chi connectivity index (χ1) is 7.63. The lowest BCUT2D eigenvalue weighted by Gasteiger charge is -2.24. The highest BCUT2D eigenvalue weighted by Gasteiger charge is 2.20. The van der Waals surface area contributed by atoms with Gasteiger partial charge in [-0.05, 0) is 25.2 Å². The van der Waals surface area contributed by atoms with E-state index >= 15 is 0 Å². The zero-order valence-electron chi connectivity index (χ0n) is 10.2. The van der Waals surface area contributed by atoms with E-state index in [1.807, 2.05) is 13.8 Å². The molecule has 0 spiro atoms. The Morgan fingerprint density at radius 3 is 2.75 bits per heavy atom. The second-order valence-corrected chi connectivity index (χ2v) is 4.79. The van der Waals surface area contributed by atoms with E-state index in [1.54, 1.807) is 0 Å². The van der Waals surface area contributed by atoms with Gasteiger partial charge in [-0.25, -0.2) is 0 Å². The lowest BCUT2D eigenvalue weighted by atomic mass is 10.0. The summed E-state index contributed by atoms with van der Waals surface area (Å²) < 4.78 is 5.50. The quantitative estimate of drug-likeness (QED) is 0.741. The van der Waals surface area contributed by atoms with Gasteiger partial charge in [0.2, 0.25) is 5.91 Å². The van der Waals surface area contributed by atoms with E-state index in [9.17, 15) is 4.79 Å². The highest BCUT2D eigenvalue weighted by molar-refractivity contribution is 5.76. The van der Waals surface area contributed by atoms with Gasteiger partial charge in [0.1, 0.15) is 0 Å². The third-order valence-electron chi connectivity index (χ3n) is 3.03. The van der Waals surface area contributed by atoms with Crippen molar-refractivity contribution < 1.29 is 14.6 Å². The summed E-state index contributed by atoms with van der Waals surface area (Å²) in [5.41, 5.74) is 0. The molecule has 0 aliphatic carbocycles.